The van der Waals surface area contributed by atoms with Crippen LogP contribution in [-0.4, -0.2) is 15.8 Å². The lowest BCUT2D eigenvalue weighted by atomic mass is 10.2. The summed E-state index contributed by atoms with van der Waals surface area (Å²) >= 11 is 6.03. The first-order chi connectivity index (χ1) is 13.2. The summed E-state index contributed by atoms with van der Waals surface area (Å²) in [6.45, 7) is 0.217. The van der Waals surface area contributed by atoms with Crippen molar-refractivity contribution in [1.82, 2.24) is 9.78 Å². The van der Waals surface area contributed by atoms with E-state index in [1.807, 2.05) is 0 Å². The van der Waals surface area contributed by atoms with E-state index >= 15 is 0 Å². The topological polar surface area (TPSA) is 59.0 Å². The fraction of sp³-hybridized carbons (Fsp3) is 0.111. The van der Waals surface area contributed by atoms with Gasteiger partial charge in [0, 0.05) is 11.9 Å². The molecule has 5 nitrogen and oxygen atoms in total. The van der Waals surface area contributed by atoms with Crippen LogP contribution in [0.4, 0.5) is 33.9 Å². The summed E-state index contributed by atoms with van der Waals surface area (Å²) in [5, 5.41) is 8.86. The lowest BCUT2D eigenvalue weighted by Gasteiger charge is -2.10. The zero-order valence-corrected chi connectivity index (χ0v) is 14.9. The van der Waals surface area contributed by atoms with Crippen LogP contribution in [0.15, 0.2) is 54.7 Å². The van der Waals surface area contributed by atoms with Gasteiger partial charge in [-0.3, -0.25) is 10.00 Å². The zero-order chi connectivity index (χ0) is 20.3. The highest BCUT2D eigenvalue weighted by Gasteiger charge is 2.30. The second kappa shape index (κ2) is 7.89. The first-order valence-corrected chi connectivity index (χ1v) is 8.31. The van der Waals surface area contributed by atoms with Gasteiger partial charge in [-0.1, -0.05) is 29.8 Å². The minimum Gasteiger partial charge on any atom is -0.308 e. The third-order valence-corrected chi connectivity index (χ3v) is 3.91. The normalized spacial score (nSPS) is 11.3. The average molecular weight is 413 g/mol. The maximum Gasteiger partial charge on any atom is 0.416 e. The molecule has 0 saturated carbocycles. The summed E-state index contributed by atoms with van der Waals surface area (Å²) in [7, 11) is 0. The molecule has 0 atom stereocenters. The van der Waals surface area contributed by atoms with Gasteiger partial charge >= 0.3 is 12.2 Å². The number of halogens is 5. The van der Waals surface area contributed by atoms with E-state index in [1.165, 1.54) is 35.1 Å². The number of carbonyl (C=O) groups is 1. The summed E-state index contributed by atoms with van der Waals surface area (Å²) in [5.41, 5.74) is -0.288. The molecule has 0 aliphatic carbocycles. The van der Waals surface area contributed by atoms with Gasteiger partial charge in [-0.15, -0.1) is 0 Å². The molecular weight excluding hydrogens is 400 g/mol. The van der Waals surface area contributed by atoms with Crippen molar-refractivity contribution in [1.29, 1.82) is 0 Å². The SMILES string of the molecule is O=C(Nc1cccc(C(F)(F)F)c1)Nc1nn(Cc2cccc(F)c2)cc1Cl. The second-order valence-electron chi connectivity index (χ2n) is 5.81. The molecular formula is C18H13ClF4N4O. The summed E-state index contributed by atoms with van der Waals surface area (Å²) in [6, 6.07) is 9.30. The van der Waals surface area contributed by atoms with E-state index in [0.717, 1.165) is 12.1 Å². The molecule has 0 aliphatic rings. The molecule has 0 fully saturated rings. The lowest BCUT2D eigenvalue weighted by Crippen LogP contribution is -2.20. The van der Waals surface area contributed by atoms with Crippen molar-refractivity contribution in [3.8, 4) is 0 Å². The number of hydrogen-bond acceptors (Lipinski definition) is 2. The number of aromatic nitrogens is 2. The number of alkyl halides is 3. The molecule has 0 unspecified atom stereocenters. The maximum atomic E-state index is 13.2. The van der Waals surface area contributed by atoms with Crippen molar-refractivity contribution >= 4 is 29.1 Å². The average Bonchev–Trinajstić information content (AvgIpc) is 2.93. The molecule has 28 heavy (non-hydrogen) atoms. The highest BCUT2D eigenvalue weighted by atomic mass is 35.5. The van der Waals surface area contributed by atoms with Gasteiger partial charge < -0.3 is 5.32 Å². The Bertz CT molecular complexity index is 1000. The van der Waals surface area contributed by atoms with E-state index in [4.69, 9.17) is 11.6 Å². The third-order valence-electron chi connectivity index (χ3n) is 3.63. The van der Waals surface area contributed by atoms with Crippen LogP contribution in [-0.2, 0) is 12.7 Å². The first kappa shape index (κ1) is 19.7. The standard InChI is InChI=1S/C18H13ClF4N4O/c19-15-10-27(9-11-3-1-5-13(20)7-11)26-16(15)25-17(28)24-14-6-2-4-12(8-14)18(21,22)23/h1-8,10H,9H2,(H2,24,25,26,28). The maximum absolute atomic E-state index is 13.2. The van der Waals surface area contributed by atoms with Crippen LogP contribution < -0.4 is 10.6 Å². The summed E-state index contributed by atoms with van der Waals surface area (Å²) in [4.78, 5) is 12.0. The van der Waals surface area contributed by atoms with Gasteiger partial charge in [0.1, 0.15) is 10.8 Å². The van der Waals surface area contributed by atoms with Crippen molar-refractivity contribution in [2.24, 2.45) is 0 Å². The number of benzene rings is 2. The Morgan fingerprint density at radius 3 is 2.57 bits per heavy atom. The molecule has 0 aliphatic heterocycles. The summed E-state index contributed by atoms with van der Waals surface area (Å²) in [5.74, 6) is -0.378. The number of urea groups is 1. The fourth-order valence-electron chi connectivity index (χ4n) is 2.43. The van der Waals surface area contributed by atoms with Gasteiger partial charge in [-0.05, 0) is 35.9 Å². The van der Waals surface area contributed by atoms with Crippen molar-refractivity contribution in [3.63, 3.8) is 0 Å². The quantitative estimate of drug-likeness (QED) is 0.565. The van der Waals surface area contributed by atoms with E-state index in [-0.39, 0.29) is 23.1 Å². The Morgan fingerprint density at radius 1 is 1.11 bits per heavy atom. The molecule has 0 bridgehead atoms. The van der Waals surface area contributed by atoms with Crippen molar-refractivity contribution < 1.29 is 22.4 Å². The van der Waals surface area contributed by atoms with Gasteiger partial charge in [-0.25, -0.2) is 9.18 Å². The van der Waals surface area contributed by atoms with E-state index in [0.29, 0.717) is 5.56 Å². The minimum absolute atomic E-state index is 0.0162. The van der Waals surface area contributed by atoms with E-state index in [1.54, 1.807) is 12.1 Å². The smallest absolute Gasteiger partial charge is 0.308 e. The Labute approximate surface area is 161 Å². The van der Waals surface area contributed by atoms with Crippen molar-refractivity contribution in [2.75, 3.05) is 10.6 Å². The molecule has 146 valence electrons. The van der Waals surface area contributed by atoms with E-state index in [2.05, 4.69) is 15.7 Å². The number of rotatable bonds is 4. The first-order valence-electron chi connectivity index (χ1n) is 7.93. The minimum atomic E-state index is -4.52. The zero-order valence-electron chi connectivity index (χ0n) is 14.1. The van der Waals surface area contributed by atoms with Gasteiger partial charge in [0.2, 0.25) is 0 Å². The van der Waals surface area contributed by atoms with Crippen LogP contribution in [0.5, 0.6) is 0 Å². The Hall–Kier alpha value is -3.07. The van der Waals surface area contributed by atoms with E-state index in [9.17, 15) is 22.4 Å². The predicted molar refractivity (Wildman–Crippen MR) is 96.8 cm³/mol. The van der Waals surface area contributed by atoms with Crippen molar-refractivity contribution in [3.05, 3.63) is 76.7 Å². The molecule has 3 aromatic rings. The molecule has 10 heteroatoms. The van der Waals surface area contributed by atoms with Gasteiger partial charge in [-0.2, -0.15) is 18.3 Å². The molecule has 1 heterocycles. The van der Waals surface area contributed by atoms with Crippen molar-refractivity contribution in [2.45, 2.75) is 12.7 Å². The Morgan fingerprint density at radius 2 is 1.86 bits per heavy atom. The number of amides is 2. The lowest BCUT2D eigenvalue weighted by molar-refractivity contribution is -0.137. The third kappa shape index (κ3) is 5.01. The molecule has 0 saturated heterocycles. The number of anilines is 2. The van der Waals surface area contributed by atoms with Crippen LogP contribution in [0, 0.1) is 5.82 Å². The number of nitrogens with one attached hydrogen (secondary N) is 2. The predicted octanol–water partition coefficient (Wildman–Crippen LogP) is 5.39. The van der Waals surface area contributed by atoms with Crippen LogP contribution in [0.25, 0.3) is 0 Å². The Kier molecular flexibility index (Phi) is 5.55. The summed E-state index contributed by atoms with van der Waals surface area (Å²) < 4.78 is 52.8. The van der Waals surface area contributed by atoms with Gasteiger partial charge in [0.05, 0.1) is 12.1 Å². The largest absolute Gasteiger partial charge is 0.416 e. The van der Waals surface area contributed by atoms with Gasteiger partial charge in [0.15, 0.2) is 5.82 Å². The number of nitrogens with zero attached hydrogens (tertiary/aromatic N) is 2. The Balaban J connectivity index is 1.67. The molecule has 3 rings (SSSR count). The molecule has 2 N–H and O–H groups in total. The monoisotopic (exact) mass is 412 g/mol. The van der Waals surface area contributed by atoms with Crippen LogP contribution in [0.3, 0.4) is 0 Å². The number of carbonyl (C=O) groups excluding carboxylic acids is 1. The van der Waals surface area contributed by atoms with Crippen LogP contribution >= 0.6 is 11.6 Å². The second-order valence-corrected chi connectivity index (χ2v) is 6.22. The molecule has 2 amide bonds. The van der Waals surface area contributed by atoms with E-state index < -0.39 is 23.6 Å². The van der Waals surface area contributed by atoms with Crippen LogP contribution in [0.1, 0.15) is 11.1 Å². The molecule has 0 spiro atoms. The molecule has 1 aromatic heterocycles. The summed E-state index contributed by atoms with van der Waals surface area (Å²) in [6.07, 6.45) is -3.08. The van der Waals surface area contributed by atoms with Crippen LogP contribution in [0.2, 0.25) is 5.02 Å². The molecule has 2 aromatic carbocycles. The number of hydrogen-bond donors (Lipinski definition) is 2. The molecule has 0 radical (unpaired) electrons. The highest BCUT2D eigenvalue weighted by Crippen LogP contribution is 2.30. The fourth-order valence-corrected chi connectivity index (χ4v) is 2.63. The van der Waals surface area contributed by atoms with Gasteiger partial charge in [0.25, 0.3) is 0 Å². The highest BCUT2D eigenvalue weighted by molar-refractivity contribution is 6.33.